The standard InChI is InChI=1S/C13H17N3O2/c14-11-6-7-16(8-11)9-12(17)15-13(18)10-4-2-1-3-5-10/h1-5,11H,6-9,14H2,(H,15,17,18). The Balaban J connectivity index is 1.83. The molecular weight excluding hydrogens is 230 g/mol. The summed E-state index contributed by atoms with van der Waals surface area (Å²) in [4.78, 5) is 25.3. The molecule has 1 aliphatic rings. The molecule has 0 bridgehead atoms. The van der Waals surface area contributed by atoms with Crippen LogP contribution in [0.3, 0.4) is 0 Å². The van der Waals surface area contributed by atoms with E-state index < -0.39 is 0 Å². The van der Waals surface area contributed by atoms with E-state index in [1.807, 2.05) is 11.0 Å². The van der Waals surface area contributed by atoms with E-state index in [9.17, 15) is 9.59 Å². The van der Waals surface area contributed by atoms with Gasteiger partial charge >= 0.3 is 0 Å². The number of imide groups is 1. The second-order valence-corrected chi connectivity index (χ2v) is 4.53. The molecular formula is C13H17N3O2. The minimum atomic E-state index is -0.357. The minimum absolute atomic E-state index is 0.141. The van der Waals surface area contributed by atoms with Crippen molar-refractivity contribution in [1.82, 2.24) is 10.2 Å². The highest BCUT2D eigenvalue weighted by atomic mass is 16.2. The van der Waals surface area contributed by atoms with Crippen LogP contribution in [0.5, 0.6) is 0 Å². The van der Waals surface area contributed by atoms with Crippen LogP contribution in [0.15, 0.2) is 30.3 Å². The van der Waals surface area contributed by atoms with E-state index in [1.54, 1.807) is 24.3 Å². The van der Waals surface area contributed by atoms with E-state index in [0.29, 0.717) is 12.1 Å². The summed E-state index contributed by atoms with van der Waals surface area (Å²) < 4.78 is 0. The fourth-order valence-corrected chi connectivity index (χ4v) is 2.04. The molecule has 1 unspecified atom stereocenters. The molecule has 1 heterocycles. The van der Waals surface area contributed by atoms with Crippen LogP contribution >= 0.6 is 0 Å². The molecule has 0 aliphatic carbocycles. The first-order valence-corrected chi connectivity index (χ1v) is 6.02. The van der Waals surface area contributed by atoms with Gasteiger partial charge in [-0.25, -0.2) is 0 Å². The second kappa shape index (κ2) is 5.75. The molecule has 1 saturated heterocycles. The molecule has 5 heteroatoms. The summed E-state index contributed by atoms with van der Waals surface area (Å²) in [6, 6.07) is 8.84. The van der Waals surface area contributed by atoms with Crippen molar-refractivity contribution < 1.29 is 9.59 Å². The summed E-state index contributed by atoms with van der Waals surface area (Å²) in [6.07, 6.45) is 0.903. The van der Waals surface area contributed by atoms with Gasteiger partial charge in [-0.15, -0.1) is 0 Å². The molecule has 96 valence electrons. The number of rotatable bonds is 3. The molecule has 3 N–H and O–H groups in total. The Kier molecular flexibility index (Phi) is 4.07. The molecule has 1 aliphatic heterocycles. The third-order valence-electron chi connectivity index (χ3n) is 2.96. The van der Waals surface area contributed by atoms with Gasteiger partial charge in [0.2, 0.25) is 5.91 Å². The van der Waals surface area contributed by atoms with Gasteiger partial charge in [0.05, 0.1) is 6.54 Å². The number of hydrogen-bond acceptors (Lipinski definition) is 4. The SMILES string of the molecule is NC1CCN(CC(=O)NC(=O)c2ccccc2)C1. The van der Waals surface area contributed by atoms with Crippen LogP contribution in [0.2, 0.25) is 0 Å². The molecule has 1 aromatic rings. The van der Waals surface area contributed by atoms with Crippen molar-refractivity contribution in [1.29, 1.82) is 0 Å². The van der Waals surface area contributed by atoms with Crippen molar-refractivity contribution in [3.8, 4) is 0 Å². The molecule has 0 saturated carbocycles. The fourth-order valence-electron chi connectivity index (χ4n) is 2.04. The maximum Gasteiger partial charge on any atom is 0.257 e. The van der Waals surface area contributed by atoms with Gasteiger partial charge in [0.25, 0.3) is 5.91 Å². The number of likely N-dealkylation sites (tertiary alicyclic amines) is 1. The first-order valence-electron chi connectivity index (χ1n) is 6.02. The van der Waals surface area contributed by atoms with Gasteiger partial charge in [0.1, 0.15) is 0 Å². The van der Waals surface area contributed by atoms with E-state index >= 15 is 0 Å². The van der Waals surface area contributed by atoms with E-state index in [2.05, 4.69) is 5.32 Å². The van der Waals surface area contributed by atoms with Crippen molar-refractivity contribution in [2.75, 3.05) is 19.6 Å². The molecule has 1 fully saturated rings. The van der Waals surface area contributed by atoms with Crippen LogP contribution in [0, 0.1) is 0 Å². The summed E-state index contributed by atoms with van der Waals surface area (Å²) in [5.41, 5.74) is 6.24. The maximum absolute atomic E-state index is 11.7. The van der Waals surface area contributed by atoms with Crippen molar-refractivity contribution in [3.63, 3.8) is 0 Å². The number of hydrogen-bond donors (Lipinski definition) is 2. The quantitative estimate of drug-likeness (QED) is 0.787. The summed E-state index contributed by atoms with van der Waals surface area (Å²) in [5, 5.41) is 2.38. The summed E-state index contributed by atoms with van der Waals surface area (Å²) in [7, 11) is 0. The Labute approximate surface area is 106 Å². The number of amides is 2. The third kappa shape index (κ3) is 3.38. The van der Waals surface area contributed by atoms with E-state index in [1.165, 1.54) is 0 Å². The van der Waals surface area contributed by atoms with Crippen molar-refractivity contribution in [2.24, 2.45) is 5.73 Å². The lowest BCUT2D eigenvalue weighted by atomic mass is 10.2. The molecule has 5 nitrogen and oxygen atoms in total. The third-order valence-corrected chi connectivity index (χ3v) is 2.96. The Bertz CT molecular complexity index is 433. The Hall–Kier alpha value is -1.72. The number of nitrogens with zero attached hydrogens (tertiary/aromatic N) is 1. The first-order chi connectivity index (χ1) is 8.65. The highest BCUT2D eigenvalue weighted by molar-refractivity contribution is 6.05. The zero-order chi connectivity index (χ0) is 13.0. The monoisotopic (exact) mass is 247 g/mol. The summed E-state index contributed by atoms with van der Waals surface area (Å²) in [6.45, 7) is 1.76. The van der Waals surface area contributed by atoms with Crippen molar-refractivity contribution in [3.05, 3.63) is 35.9 Å². The molecule has 2 amide bonds. The predicted octanol–water partition coefficient (Wildman–Crippen LogP) is -0.0240. The van der Waals surface area contributed by atoms with E-state index in [4.69, 9.17) is 5.73 Å². The van der Waals surface area contributed by atoms with E-state index in [-0.39, 0.29) is 24.4 Å². The number of nitrogens with two attached hydrogens (primary N) is 1. The average molecular weight is 247 g/mol. The second-order valence-electron chi connectivity index (χ2n) is 4.53. The topological polar surface area (TPSA) is 75.4 Å². The first kappa shape index (κ1) is 12.7. The van der Waals surface area contributed by atoms with Crippen molar-refractivity contribution >= 4 is 11.8 Å². The largest absolute Gasteiger partial charge is 0.326 e. The van der Waals surface area contributed by atoms with Gasteiger partial charge in [0.15, 0.2) is 0 Å². The van der Waals surface area contributed by atoms with Gasteiger partial charge in [-0.1, -0.05) is 18.2 Å². The molecule has 2 rings (SSSR count). The highest BCUT2D eigenvalue weighted by Crippen LogP contribution is 2.05. The van der Waals surface area contributed by atoms with E-state index in [0.717, 1.165) is 13.0 Å². The lowest BCUT2D eigenvalue weighted by molar-refractivity contribution is -0.121. The number of carbonyl (C=O) groups excluding carboxylic acids is 2. The lowest BCUT2D eigenvalue weighted by Gasteiger charge is -2.14. The van der Waals surface area contributed by atoms with Gasteiger partial charge < -0.3 is 5.73 Å². The molecule has 1 aromatic carbocycles. The van der Waals surface area contributed by atoms with Crippen LogP contribution in [-0.4, -0.2) is 42.4 Å². The molecule has 0 aromatic heterocycles. The normalized spacial score (nSPS) is 19.7. The minimum Gasteiger partial charge on any atom is -0.326 e. The zero-order valence-electron chi connectivity index (χ0n) is 10.1. The molecule has 18 heavy (non-hydrogen) atoms. The Morgan fingerprint density at radius 1 is 1.33 bits per heavy atom. The fraction of sp³-hybridized carbons (Fsp3) is 0.385. The molecule has 0 spiro atoms. The summed E-state index contributed by atoms with van der Waals surface area (Å²) in [5.74, 6) is -0.637. The van der Waals surface area contributed by atoms with Gasteiger partial charge in [0, 0.05) is 24.7 Å². The van der Waals surface area contributed by atoms with Gasteiger partial charge in [-0.05, 0) is 18.6 Å². The zero-order valence-corrected chi connectivity index (χ0v) is 10.1. The molecule has 1 atom stereocenters. The van der Waals surface area contributed by atoms with Crippen LogP contribution in [0.25, 0.3) is 0 Å². The van der Waals surface area contributed by atoms with Crippen LogP contribution in [-0.2, 0) is 4.79 Å². The van der Waals surface area contributed by atoms with Gasteiger partial charge in [-0.2, -0.15) is 0 Å². The average Bonchev–Trinajstić information content (AvgIpc) is 2.75. The van der Waals surface area contributed by atoms with Gasteiger partial charge in [-0.3, -0.25) is 19.8 Å². The Morgan fingerprint density at radius 3 is 2.67 bits per heavy atom. The van der Waals surface area contributed by atoms with Crippen LogP contribution < -0.4 is 11.1 Å². The van der Waals surface area contributed by atoms with Crippen molar-refractivity contribution in [2.45, 2.75) is 12.5 Å². The summed E-state index contributed by atoms with van der Waals surface area (Å²) >= 11 is 0. The smallest absolute Gasteiger partial charge is 0.257 e. The number of benzene rings is 1. The van der Waals surface area contributed by atoms with Crippen LogP contribution in [0.4, 0.5) is 0 Å². The van der Waals surface area contributed by atoms with Crippen LogP contribution in [0.1, 0.15) is 16.8 Å². The highest BCUT2D eigenvalue weighted by Gasteiger charge is 2.21. The Morgan fingerprint density at radius 2 is 2.06 bits per heavy atom. The number of nitrogens with one attached hydrogen (secondary N) is 1. The molecule has 0 radical (unpaired) electrons. The number of carbonyl (C=O) groups is 2. The predicted molar refractivity (Wildman–Crippen MR) is 67.9 cm³/mol. The lowest BCUT2D eigenvalue weighted by Crippen LogP contribution is -2.40. The maximum atomic E-state index is 11.7.